The largest absolute Gasteiger partial charge is 0.443 e. The van der Waals surface area contributed by atoms with Crippen molar-refractivity contribution >= 4 is 40.5 Å². The number of nitrogens with one attached hydrogen (secondary N) is 1. The molecule has 4 rings (SSSR count). The van der Waals surface area contributed by atoms with Crippen LogP contribution in [0.3, 0.4) is 0 Å². The van der Waals surface area contributed by atoms with Gasteiger partial charge in [-0.2, -0.15) is 4.98 Å². The number of fused-ring (bicyclic) bond motifs is 1. The van der Waals surface area contributed by atoms with Crippen LogP contribution in [0.1, 0.15) is 32.5 Å². The average molecular weight is 461 g/mol. The number of thioether (sulfide) groups is 1. The number of nitrogens with zero attached hydrogens (tertiary/aromatic N) is 3. The Bertz CT molecular complexity index is 1300. The van der Waals surface area contributed by atoms with E-state index in [2.05, 4.69) is 15.3 Å². The lowest BCUT2D eigenvalue weighted by Gasteiger charge is -2.20. The maximum absolute atomic E-state index is 13.0. The number of likely N-dealkylation sites (N-methyl/N-ethyl adjacent to an activating group) is 1. The summed E-state index contributed by atoms with van der Waals surface area (Å²) in [4.78, 5) is 36.6. The molecule has 2 aromatic heterocycles. The van der Waals surface area contributed by atoms with Crippen LogP contribution in [0.15, 0.2) is 70.2 Å². The molecular weight excluding hydrogens is 436 g/mol. The second-order valence-corrected chi connectivity index (χ2v) is 8.85. The first-order valence-corrected chi connectivity index (χ1v) is 11.3. The number of aromatic nitrogens is 2. The predicted molar refractivity (Wildman–Crippen MR) is 129 cm³/mol. The summed E-state index contributed by atoms with van der Waals surface area (Å²) in [5.74, 6) is 0.681. The van der Waals surface area contributed by atoms with E-state index in [0.29, 0.717) is 33.4 Å². The van der Waals surface area contributed by atoms with Crippen LogP contribution < -0.4 is 5.32 Å². The fourth-order valence-electron chi connectivity index (χ4n) is 3.37. The van der Waals surface area contributed by atoms with Gasteiger partial charge in [0.05, 0.1) is 5.39 Å². The molecule has 0 spiro atoms. The van der Waals surface area contributed by atoms with Gasteiger partial charge < -0.3 is 14.6 Å². The molecule has 168 valence electrons. The Balaban J connectivity index is 1.76. The van der Waals surface area contributed by atoms with Crippen LogP contribution in [0.4, 0.5) is 5.82 Å². The van der Waals surface area contributed by atoms with Gasteiger partial charge in [0.1, 0.15) is 16.8 Å². The Hall–Kier alpha value is -3.65. The quantitative estimate of drug-likeness (QED) is 0.321. The Kier molecular flexibility index (Phi) is 6.46. The topological polar surface area (TPSA) is 88.3 Å². The third kappa shape index (κ3) is 4.75. The molecule has 0 aliphatic carbocycles. The van der Waals surface area contributed by atoms with Gasteiger partial charge in [0.25, 0.3) is 5.91 Å². The minimum absolute atomic E-state index is 0.0865. The lowest BCUT2D eigenvalue weighted by Crippen LogP contribution is -2.26. The summed E-state index contributed by atoms with van der Waals surface area (Å²) >= 11 is 1.22. The summed E-state index contributed by atoms with van der Waals surface area (Å²) in [5, 5.41) is 3.34. The smallest absolute Gasteiger partial charge is 0.256 e. The number of rotatable bonds is 6. The standard InChI is InChI=1S/C25H24N4O3S/c1-15-16(2)32-23-19(15)21(26-22(30)18-13-9-6-10-14-18)27-25(28-23)33-20(24(31)29(3)4)17-11-7-5-8-12-17/h5-14,20H,1-4H3,(H,26,27,28,30). The molecule has 2 heterocycles. The van der Waals surface area contributed by atoms with E-state index in [1.807, 2.05) is 50.2 Å². The first kappa shape index (κ1) is 22.5. The number of hydrogen-bond donors (Lipinski definition) is 1. The number of hydrogen-bond acceptors (Lipinski definition) is 6. The molecule has 0 radical (unpaired) electrons. The molecular formula is C25H24N4O3S. The van der Waals surface area contributed by atoms with Gasteiger partial charge in [0.2, 0.25) is 11.6 Å². The Morgan fingerprint density at radius 2 is 1.61 bits per heavy atom. The second kappa shape index (κ2) is 9.46. The molecule has 0 aliphatic heterocycles. The highest BCUT2D eigenvalue weighted by molar-refractivity contribution is 8.00. The summed E-state index contributed by atoms with van der Waals surface area (Å²) in [5.41, 5.74) is 2.58. The molecule has 2 aromatic carbocycles. The zero-order valence-electron chi connectivity index (χ0n) is 18.8. The van der Waals surface area contributed by atoms with E-state index in [0.717, 1.165) is 11.1 Å². The molecule has 33 heavy (non-hydrogen) atoms. The molecule has 2 amide bonds. The first-order valence-electron chi connectivity index (χ1n) is 10.4. The minimum Gasteiger partial charge on any atom is -0.443 e. The number of carbonyl (C=O) groups is 2. The molecule has 1 atom stereocenters. The third-order valence-corrected chi connectivity index (χ3v) is 6.37. The van der Waals surface area contributed by atoms with E-state index in [9.17, 15) is 9.59 Å². The first-order chi connectivity index (χ1) is 15.8. The van der Waals surface area contributed by atoms with Crippen molar-refractivity contribution in [1.29, 1.82) is 0 Å². The molecule has 0 aliphatic rings. The SMILES string of the molecule is Cc1oc2nc(SC(C(=O)N(C)C)c3ccccc3)nc(NC(=O)c3ccccc3)c2c1C. The van der Waals surface area contributed by atoms with Crippen LogP contribution in [-0.4, -0.2) is 40.8 Å². The number of aryl methyl sites for hydroxylation is 2. The fourth-order valence-corrected chi connectivity index (χ4v) is 4.47. The van der Waals surface area contributed by atoms with Crippen molar-refractivity contribution in [3.8, 4) is 0 Å². The lowest BCUT2D eigenvalue weighted by molar-refractivity contribution is -0.128. The highest BCUT2D eigenvalue weighted by atomic mass is 32.2. The predicted octanol–water partition coefficient (Wildman–Crippen LogP) is 5.01. The molecule has 0 bridgehead atoms. The average Bonchev–Trinajstić information content (AvgIpc) is 3.11. The molecule has 0 saturated heterocycles. The van der Waals surface area contributed by atoms with Crippen molar-refractivity contribution in [2.45, 2.75) is 24.3 Å². The van der Waals surface area contributed by atoms with Crippen molar-refractivity contribution in [3.05, 3.63) is 83.1 Å². The molecule has 4 aromatic rings. The van der Waals surface area contributed by atoms with Gasteiger partial charge in [-0.15, -0.1) is 0 Å². The summed E-state index contributed by atoms with van der Waals surface area (Å²) in [6, 6.07) is 18.4. The van der Waals surface area contributed by atoms with E-state index in [1.165, 1.54) is 11.8 Å². The number of amides is 2. The van der Waals surface area contributed by atoms with Crippen LogP contribution in [0.5, 0.6) is 0 Å². The summed E-state index contributed by atoms with van der Waals surface area (Å²) in [6.07, 6.45) is 0. The van der Waals surface area contributed by atoms with Gasteiger partial charge in [0, 0.05) is 25.2 Å². The van der Waals surface area contributed by atoms with Crippen molar-refractivity contribution in [1.82, 2.24) is 14.9 Å². The zero-order chi connectivity index (χ0) is 23.5. The Labute approximate surface area is 196 Å². The van der Waals surface area contributed by atoms with Crippen LogP contribution in [0, 0.1) is 13.8 Å². The zero-order valence-corrected chi connectivity index (χ0v) is 19.6. The minimum atomic E-state index is -0.548. The number of benzene rings is 2. The molecule has 0 fully saturated rings. The maximum atomic E-state index is 13.0. The van der Waals surface area contributed by atoms with Gasteiger partial charge in [-0.3, -0.25) is 9.59 Å². The van der Waals surface area contributed by atoms with Crippen molar-refractivity contribution in [3.63, 3.8) is 0 Å². The molecule has 7 nitrogen and oxygen atoms in total. The van der Waals surface area contributed by atoms with Crippen LogP contribution in [0.2, 0.25) is 0 Å². The highest BCUT2D eigenvalue weighted by Gasteiger charge is 2.27. The molecule has 1 N–H and O–H groups in total. The Morgan fingerprint density at radius 3 is 2.24 bits per heavy atom. The summed E-state index contributed by atoms with van der Waals surface area (Å²) < 4.78 is 5.85. The van der Waals surface area contributed by atoms with Crippen molar-refractivity contribution in [2.24, 2.45) is 0 Å². The van der Waals surface area contributed by atoms with E-state index in [4.69, 9.17) is 4.42 Å². The monoisotopic (exact) mass is 460 g/mol. The molecule has 0 saturated carbocycles. The second-order valence-electron chi connectivity index (χ2n) is 7.78. The molecule has 8 heteroatoms. The van der Waals surface area contributed by atoms with Crippen molar-refractivity contribution in [2.75, 3.05) is 19.4 Å². The van der Waals surface area contributed by atoms with Gasteiger partial charge in [-0.1, -0.05) is 60.3 Å². The normalized spacial score (nSPS) is 11.9. The van der Waals surface area contributed by atoms with E-state index in [-0.39, 0.29) is 11.8 Å². The van der Waals surface area contributed by atoms with Crippen molar-refractivity contribution < 1.29 is 14.0 Å². The summed E-state index contributed by atoms with van der Waals surface area (Å²) in [7, 11) is 3.43. The van der Waals surface area contributed by atoms with Gasteiger partial charge >= 0.3 is 0 Å². The number of furan rings is 1. The summed E-state index contributed by atoms with van der Waals surface area (Å²) in [6.45, 7) is 3.74. The van der Waals surface area contributed by atoms with E-state index < -0.39 is 5.25 Å². The van der Waals surface area contributed by atoms with Crippen LogP contribution in [0.25, 0.3) is 11.1 Å². The number of carbonyl (C=O) groups excluding carboxylic acids is 2. The van der Waals surface area contributed by atoms with Gasteiger partial charge in [-0.25, -0.2) is 4.98 Å². The highest BCUT2D eigenvalue weighted by Crippen LogP contribution is 2.38. The third-order valence-electron chi connectivity index (χ3n) is 5.27. The number of anilines is 1. The molecule has 1 unspecified atom stereocenters. The van der Waals surface area contributed by atoms with Gasteiger partial charge in [0.15, 0.2) is 5.16 Å². The van der Waals surface area contributed by atoms with E-state index in [1.54, 1.807) is 43.3 Å². The fraction of sp³-hybridized carbons (Fsp3) is 0.200. The lowest BCUT2D eigenvalue weighted by atomic mass is 10.1. The Morgan fingerprint density at radius 1 is 0.970 bits per heavy atom. The van der Waals surface area contributed by atoms with Crippen LogP contribution >= 0.6 is 11.8 Å². The van der Waals surface area contributed by atoms with Crippen LogP contribution in [-0.2, 0) is 4.79 Å². The van der Waals surface area contributed by atoms with E-state index >= 15 is 0 Å². The van der Waals surface area contributed by atoms with Gasteiger partial charge in [-0.05, 0) is 31.5 Å². The maximum Gasteiger partial charge on any atom is 0.256 e.